The first-order valence-corrected chi connectivity index (χ1v) is 31.4. The Kier molecular flexibility index (Phi) is 18.9. The number of rotatable bonds is 20. The molecule has 4 heterocycles. The van der Waals surface area contributed by atoms with Crippen LogP contribution in [0.4, 0.5) is 30.4 Å². The van der Waals surface area contributed by atoms with Gasteiger partial charge in [0.1, 0.15) is 16.8 Å². The maximum Gasteiger partial charge on any atom is 0.501 e. The molecule has 1 unspecified atom stereocenters. The van der Waals surface area contributed by atoms with E-state index in [9.17, 15) is 44.4 Å². The molecule has 0 bridgehead atoms. The zero-order valence-electron chi connectivity index (χ0n) is 45.2. The van der Waals surface area contributed by atoms with Gasteiger partial charge in [-0.25, -0.2) is 26.5 Å². The van der Waals surface area contributed by atoms with Crippen molar-refractivity contribution in [2.45, 2.75) is 91.2 Å². The number of hydrogen-bond donors (Lipinski definition) is 4. The van der Waals surface area contributed by atoms with Gasteiger partial charge >= 0.3 is 5.51 Å². The molecule has 2 atom stereocenters. The smallest absolute Gasteiger partial charge is 0.380 e. The highest BCUT2D eigenvalue weighted by Gasteiger charge is 2.48. The number of allylic oxidation sites excluding steroid dienone is 1. The Bertz CT molecular complexity index is 3320. The molecule has 4 aromatic carbocycles. The second kappa shape index (κ2) is 25.6. The van der Waals surface area contributed by atoms with Crippen LogP contribution in [0.3, 0.4) is 0 Å². The van der Waals surface area contributed by atoms with Crippen LogP contribution in [-0.4, -0.2) is 143 Å². The number of hydrogen-bond acceptors (Lipinski definition) is 15. The minimum absolute atomic E-state index is 0.0221. The molecule has 1 aliphatic carbocycles. The van der Waals surface area contributed by atoms with Gasteiger partial charge in [-0.2, -0.15) is 13.2 Å². The monoisotopic (exact) mass is 1190 g/mol. The average molecular weight is 1190 g/mol. The van der Waals surface area contributed by atoms with Crippen LogP contribution in [0, 0.1) is 5.41 Å². The molecule has 0 saturated carbocycles. The van der Waals surface area contributed by atoms with E-state index < -0.39 is 64.7 Å². The number of aromatic nitrogens is 1. The van der Waals surface area contributed by atoms with E-state index in [0.717, 1.165) is 80.3 Å². The number of piperazine rings is 2. The summed E-state index contributed by atoms with van der Waals surface area (Å²) in [5.41, 5.74) is -0.306. The number of carbonyl (C=O) groups excluding carboxylic acids is 3. The van der Waals surface area contributed by atoms with Crippen molar-refractivity contribution in [3.8, 4) is 0 Å². The molecular weight excluding hydrogens is 1120 g/mol. The molecule has 3 amide bonds. The summed E-state index contributed by atoms with van der Waals surface area (Å²) in [4.78, 5) is 50.0. The summed E-state index contributed by atoms with van der Waals surface area (Å²) in [6.07, 6.45) is 5.71. The van der Waals surface area contributed by atoms with E-state index >= 15 is 0 Å². The first-order chi connectivity index (χ1) is 38.6. The minimum atomic E-state index is -6.13. The number of nitrogens with one attached hydrogen (secondary N) is 4. The molecule has 5 aromatic rings. The molecule has 3 saturated heterocycles. The van der Waals surface area contributed by atoms with Gasteiger partial charge in [0.15, 0.2) is 0 Å². The third-order valence-corrected chi connectivity index (χ3v) is 19.7. The molecular formula is C58H67ClF3N9O7S3. The second-order valence-corrected chi connectivity index (χ2v) is 26.9. The zero-order valence-corrected chi connectivity index (χ0v) is 48.4. The van der Waals surface area contributed by atoms with Gasteiger partial charge in [-0.15, -0.1) is 11.8 Å². The predicted molar refractivity (Wildman–Crippen MR) is 310 cm³/mol. The average Bonchev–Trinajstić information content (AvgIpc) is 3.55. The summed E-state index contributed by atoms with van der Waals surface area (Å²) in [7, 11) is -11.0. The summed E-state index contributed by atoms with van der Waals surface area (Å²) in [6, 6.07) is 28.7. The number of benzene rings is 4. The predicted octanol–water partition coefficient (Wildman–Crippen LogP) is 8.93. The number of amides is 3. The summed E-state index contributed by atoms with van der Waals surface area (Å²) < 4.78 is 99.6. The molecule has 4 N–H and O–H groups in total. The number of thioether (sulfide) groups is 1. The van der Waals surface area contributed by atoms with Crippen LogP contribution >= 0.6 is 23.4 Å². The van der Waals surface area contributed by atoms with Crippen molar-refractivity contribution in [2.75, 3.05) is 86.7 Å². The lowest BCUT2D eigenvalue weighted by Gasteiger charge is -2.39. The highest BCUT2D eigenvalue weighted by Crippen LogP contribution is 2.43. The number of nitrogens with zero attached hydrogens (tertiary/aromatic N) is 5. The maximum absolute atomic E-state index is 14.5. The summed E-state index contributed by atoms with van der Waals surface area (Å²) in [5.74, 6) is -0.880. The van der Waals surface area contributed by atoms with Gasteiger partial charge in [-0.3, -0.25) is 29.5 Å². The highest BCUT2D eigenvalue weighted by atomic mass is 35.5. The lowest BCUT2D eigenvalue weighted by molar-refractivity contribution is -0.133. The lowest BCUT2D eigenvalue weighted by atomic mass is 9.73. The molecule has 16 nitrogen and oxygen atoms in total. The number of anilines is 3. The van der Waals surface area contributed by atoms with Crippen LogP contribution in [0.25, 0.3) is 5.57 Å². The van der Waals surface area contributed by atoms with E-state index in [1.165, 1.54) is 40.6 Å². The quantitative estimate of drug-likeness (QED) is 0.0426. The van der Waals surface area contributed by atoms with Crippen LogP contribution in [0.1, 0.15) is 73.9 Å². The van der Waals surface area contributed by atoms with Gasteiger partial charge < -0.3 is 20.4 Å². The molecule has 3 aliphatic heterocycles. The maximum atomic E-state index is 14.5. The van der Waals surface area contributed by atoms with E-state index in [1.54, 1.807) is 18.3 Å². The van der Waals surface area contributed by atoms with Crippen molar-refractivity contribution in [3.05, 3.63) is 143 Å². The van der Waals surface area contributed by atoms with Gasteiger partial charge in [-0.05, 0) is 121 Å². The standard InChI is InChI=1S/C58H67ClF3N9O7S3/c1-57(2)24-22-49(40-10-14-44(59)15-11-40)43(36-57)38-70-31-33-71(34-32-70)46-16-12-41(13-17-46)55(73)67-81(77,78)48-18-19-50(52(35-48)80(75,76)58(60,61)62)64-45(39-79-47-8-4-3-5-9-47)23-26-68-27-29-69(30-28-68)37-42-7-6-25-63-54(42)65-51-20-21-53(72)66-56(51)74/h3-19,25,35,45,51,64H,20-24,26-34,36-39H2,1-2H3,(H,63,65)(H,67,73)(H,66,72,74)/t45-,51?/m1/s1. The topological polar surface area (TPSA) is 193 Å². The molecule has 1 aromatic heterocycles. The van der Waals surface area contributed by atoms with E-state index in [1.807, 2.05) is 59.3 Å². The first kappa shape index (κ1) is 59.6. The van der Waals surface area contributed by atoms with Crippen LogP contribution in [-0.2, 0) is 36.0 Å². The number of sulfonamides is 1. The Morgan fingerprint density at radius 2 is 1.51 bits per heavy atom. The van der Waals surface area contributed by atoms with Crippen LogP contribution < -0.4 is 25.6 Å². The van der Waals surface area contributed by atoms with E-state index in [-0.39, 0.29) is 23.3 Å². The summed E-state index contributed by atoms with van der Waals surface area (Å²) in [6.45, 7) is 12.2. The van der Waals surface area contributed by atoms with Crippen LogP contribution in [0.15, 0.2) is 136 Å². The van der Waals surface area contributed by atoms with Crippen molar-refractivity contribution in [2.24, 2.45) is 5.41 Å². The third-order valence-electron chi connectivity index (χ3n) is 15.4. The molecule has 81 heavy (non-hydrogen) atoms. The lowest BCUT2D eigenvalue weighted by Crippen LogP contribution is -2.48. The molecule has 0 spiro atoms. The Hall–Kier alpha value is -6.01. The van der Waals surface area contributed by atoms with Crippen molar-refractivity contribution in [3.63, 3.8) is 0 Å². The third kappa shape index (κ3) is 15.4. The van der Waals surface area contributed by atoms with Crippen molar-refractivity contribution in [1.29, 1.82) is 0 Å². The Morgan fingerprint density at radius 3 is 2.20 bits per heavy atom. The fourth-order valence-electron chi connectivity index (χ4n) is 10.8. The van der Waals surface area contributed by atoms with E-state index in [2.05, 4.69) is 66.5 Å². The van der Waals surface area contributed by atoms with Crippen molar-refractivity contribution in [1.82, 2.24) is 29.7 Å². The molecule has 23 heteroatoms. The largest absolute Gasteiger partial charge is 0.501 e. The van der Waals surface area contributed by atoms with Gasteiger partial charge in [0, 0.05) is 123 Å². The molecule has 0 radical (unpaired) electrons. The second-order valence-electron chi connectivity index (χ2n) is 21.8. The number of pyridine rings is 1. The Labute approximate surface area is 481 Å². The van der Waals surface area contributed by atoms with E-state index in [4.69, 9.17) is 11.6 Å². The number of halogens is 4. The Balaban J connectivity index is 0.833. The zero-order chi connectivity index (χ0) is 57.5. The fraction of sp³-hybridized carbons (Fsp3) is 0.414. The summed E-state index contributed by atoms with van der Waals surface area (Å²) >= 11 is 7.64. The van der Waals surface area contributed by atoms with Crippen molar-refractivity contribution >= 4 is 83.7 Å². The Morgan fingerprint density at radius 1 is 0.827 bits per heavy atom. The molecule has 9 rings (SSSR count). The van der Waals surface area contributed by atoms with Crippen LogP contribution in [0.2, 0.25) is 5.02 Å². The van der Waals surface area contributed by atoms with Gasteiger partial charge in [0.25, 0.3) is 25.8 Å². The number of carbonyl (C=O) groups is 3. The van der Waals surface area contributed by atoms with Gasteiger partial charge in [-0.1, -0.05) is 67.4 Å². The SMILES string of the molecule is CC1(C)CCC(c2ccc(Cl)cc2)=C(CN2CCN(c3ccc(C(=O)NS(=O)(=O)c4ccc(N[C@H](CCN5CCN(Cc6cccnc6NC6CCC(=O)NC6=O)CC5)CSc5ccccc5)c(S(=O)(=O)C(F)(F)F)c4)cc3)CC2)C1. The number of piperidine rings is 1. The minimum Gasteiger partial charge on any atom is -0.380 e. The number of sulfone groups is 1. The normalized spacial score (nSPS) is 19.2. The van der Waals surface area contributed by atoms with E-state index in [0.29, 0.717) is 74.8 Å². The first-order valence-electron chi connectivity index (χ1n) is 27.1. The summed E-state index contributed by atoms with van der Waals surface area (Å²) in [5, 5.41) is 9.29. The number of imide groups is 1. The van der Waals surface area contributed by atoms with Crippen LogP contribution in [0.5, 0.6) is 0 Å². The molecule has 432 valence electrons. The van der Waals surface area contributed by atoms with Gasteiger partial charge in [0.2, 0.25) is 11.8 Å². The fourth-order valence-corrected chi connectivity index (χ4v) is 13.9. The van der Waals surface area contributed by atoms with Crippen molar-refractivity contribution < 1.29 is 44.4 Å². The van der Waals surface area contributed by atoms with Gasteiger partial charge in [0.05, 0.1) is 10.6 Å². The molecule has 4 aliphatic rings. The molecule has 3 fully saturated rings. The number of alkyl halides is 3. The highest BCUT2D eigenvalue weighted by molar-refractivity contribution is 7.99.